The molecule has 0 spiro atoms. The summed E-state index contributed by atoms with van der Waals surface area (Å²) in [7, 11) is 0. The highest BCUT2D eigenvalue weighted by atomic mass is 16.6. The van der Waals surface area contributed by atoms with Crippen molar-refractivity contribution >= 4 is 11.7 Å². The van der Waals surface area contributed by atoms with Crippen molar-refractivity contribution in [3.05, 3.63) is 28.3 Å². The van der Waals surface area contributed by atoms with E-state index in [0.29, 0.717) is 6.61 Å². The predicted octanol–water partition coefficient (Wildman–Crippen LogP) is 1.46. The van der Waals surface area contributed by atoms with Crippen molar-refractivity contribution < 1.29 is 24.3 Å². The Balaban J connectivity index is 2.94. The second-order valence-corrected chi connectivity index (χ2v) is 3.04. The van der Waals surface area contributed by atoms with Gasteiger partial charge in [0.15, 0.2) is 6.61 Å². The van der Waals surface area contributed by atoms with Crippen LogP contribution in [0.3, 0.4) is 0 Å². The molecule has 0 unspecified atom stereocenters. The van der Waals surface area contributed by atoms with E-state index in [-0.39, 0.29) is 17.2 Å². The van der Waals surface area contributed by atoms with Crippen molar-refractivity contribution in [3.63, 3.8) is 0 Å². The zero-order valence-corrected chi connectivity index (χ0v) is 9.08. The number of nitrogens with zero attached hydrogens (tertiary/aromatic N) is 1. The number of nitro groups is 1. The van der Waals surface area contributed by atoms with Crippen LogP contribution in [0.25, 0.3) is 0 Å². The number of hydrogen-bond acceptors (Lipinski definition) is 5. The van der Waals surface area contributed by atoms with Crippen molar-refractivity contribution in [1.82, 2.24) is 0 Å². The molecule has 17 heavy (non-hydrogen) atoms. The molecule has 7 heteroatoms. The van der Waals surface area contributed by atoms with Crippen LogP contribution in [0.4, 0.5) is 5.69 Å². The third-order valence-corrected chi connectivity index (χ3v) is 1.75. The van der Waals surface area contributed by atoms with Crippen molar-refractivity contribution in [2.24, 2.45) is 0 Å². The van der Waals surface area contributed by atoms with Gasteiger partial charge in [0.2, 0.25) is 0 Å². The molecule has 1 aromatic rings. The monoisotopic (exact) mass is 241 g/mol. The van der Waals surface area contributed by atoms with Gasteiger partial charge in [-0.25, -0.2) is 4.79 Å². The van der Waals surface area contributed by atoms with Gasteiger partial charge in [0.25, 0.3) is 5.69 Å². The first kappa shape index (κ1) is 12.8. The number of carboxylic acid groups (broad SMARTS) is 1. The lowest BCUT2D eigenvalue weighted by atomic mass is 10.3. The number of ether oxygens (including phenoxy) is 2. The van der Waals surface area contributed by atoms with E-state index in [9.17, 15) is 14.9 Å². The molecule has 7 nitrogen and oxygen atoms in total. The van der Waals surface area contributed by atoms with Crippen LogP contribution in [-0.2, 0) is 4.79 Å². The standard InChI is InChI=1S/C10H11NO6/c1-2-16-8-3-7(11(14)15)4-9(5-8)17-6-10(12)13/h3-5H,2,6H2,1H3,(H,12,13). The number of aliphatic carboxylic acids is 1. The topological polar surface area (TPSA) is 98.9 Å². The SMILES string of the molecule is CCOc1cc(OCC(=O)O)cc([N+](=O)[O-])c1. The van der Waals surface area contributed by atoms with E-state index in [2.05, 4.69) is 0 Å². The van der Waals surface area contributed by atoms with Crippen LogP contribution in [0.1, 0.15) is 6.92 Å². The molecule has 0 aliphatic rings. The summed E-state index contributed by atoms with van der Waals surface area (Å²) in [5.41, 5.74) is -0.212. The third kappa shape index (κ3) is 3.98. The van der Waals surface area contributed by atoms with Gasteiger partial charge in [0.1, 0.15) is 11.5 Å². The Labute approximate surface area is 96.7 Å². The van der Waals surface area contributed by atoms with Gasteiger partial charge >= 0.3 is 5.97 Å². The zero-order valence-electron chi connectivity index (χ0n) is 9.08. The van der Waals surface area contributed by atoms with E-state index >= 15 is 0 Å². The largest absolute Gasteiger partial charge is 0.493 e. The Hall–Kier alpha value is -2.31. The van der Waals surface area contributed by atoms with Crippen LogP contribution in [-0.4, -0.2) is 29.2 Å². The van der Waals surface area contributed by atoms with E-state index in [1.165, 1.54) is 12.1 Å². The van der Waals surface area contributed by atoms with Gasteiger partial charge < -0.3 is 14.6 Å². The lowest BCUT2D eigenvalue weighted by molar-refractivity contribution is -0.385. The Kier molecular flexibility index (Phi) is 4.27. The summed E-state index contributed by atoms with van der Waals surface area (Å²) in [5.74, 6) is -0.804. The molecule has 0 bridgehead atoms. The fraction of sp³-hybridized carbons (Fsp3) is 0.300. The van der Waals surface area contributed by atoms with Gasteiger partial charge in [-0.05, 0) is 6.92 Å². The Bertz CT molecular complexity index is 431. The summed E-state index contributed by atoms with van der Waals surface area (Å²) in [6.07, 6.45) is 0. The number of hydrogen-bond donors (Lipinski definition) is 1. The maximum atomic E-state index is 10.6. The normalized spacial score (nSPS) is 9.71. The smallest absolute Gasteiger partial charge is 0.341 e. The molecule has 0 saturated heterocycles. The van der Waals surface area contributed by atoms with Gasteiger partial charge in [0.05, 0.1) is 23.7 Å². The van der Waals surface area contributed by atoms with Crippen LogP contribution in [0.5, 0.6) is 11.5 Å². The van der Waals surface area contributed by atoms with Crippen LogP contribution >= 0.6 is 0 Å². The number of rotatable bonds is 6. The maximum Gasteiger partial charge on any atom is 0.341 e. The minimum atomic E-state index is -1.16. The van der Waals surface area contributed by atoms with E-state index in [1.807, 2.05) is 0 Å². The van der Waals surface area contributed by atoms with E-state index < -0.39 is 17.5 Å². The van der Waals surface area contributed by atoms with Gasteiger partial charge in [-0.2, -0.15) is 0 Å². The summed E-state index contributed by atoms with van der Waals surface area (Å²) >= 11 is 0. The number of carboxylic acids is 1. The molecule has 0 radical (unpaired) electrons. The Morgan fingerprint density at radius 2 is 1.94 bits per heavy atom. The highest BCUT2D eigenvalue weighted by Gasteiger charge is 2.12. The molecule has 0 fully saturated rings. The van der Waals surface area contributed by atoms with Crippen molar-refractivity contribution in [2.45, 2.75) is 6.92 Å². The predicted molar refractivity (Wildman–Crippen MR) is 57.4 cm³/mol. The second-order valence-electron chi connectivity index (χ2n) is 3.04. The van der Waals surface area contributed by atoms with Crippen LogP contribution in [0.15, 0.2) is 18.2 Å². The molecule has 0 aromatic heterocycles. The number of nitro benzene ring substituents is 1. The van der Waals surface area contributed by atoms with Gasteiger partial charge in [-0.15, -0.1) is 0 Å². The first-order valence-electron chi connectivity index (χ1n) is 4.79. The van der Waals surface area contributed by atoms with Crippen molar-refractivity contribution in [1.29, 1.82) is 0 Å². The lowest BCUT2D eigenvalue weighted by Crippen LogP contribution is -2.09. The first-order valence-corrected chi connectivity index (χ1v) is 4.79. The van der Waals surface area contributed by atoms with E-state index in [4.69, 9.17) is 14.6 Å². The molecule has 0 heterocycles. The lowest BCUT2D eigenvalue weighted by Gasteiger charge is -2.07. The summed E-state index contributed by atoms with van der Waals surface area (Å²) in [6.45, 7) is 1.52. The quantitative estimate of drug-likeness (QED) is 0.597. The second kappa shape index (κ2) is 5.69. The number of carbonyl (C=O) groups is 1. The van der Waals surface area contributed by atoms with Crippen LogP contribution < -0.4 is 9.47 Å². The summed E-state index contributed by atoms with van der Waals surface area (Å²) in [4.78, 5) is 20.3. The van der Waals surface area contributed by atoms with Gasteiger partial charge in [-0.1, -0.05) is 0 Å². The summed E-state index contributed by atoms with van der Waals surface area (Å²) in [6, 6.07) is 3.79. The Morgan fingerprint density at radius 3 is 2.41 bits per heavy atom. The zero-order chi connectivity index (χ0) is 12.8. The fourth-order valence-corrected chi connectivity index (χ4v) is 1.14. The van der Waals surface area contributed by atoms with Gasteiger partial charge in [0, 0.05) is 6.07 Å². The molecule has 1 rings (SSSR count). The van der Waals surface area contributed by atoms with Crippen LogP contribution in [0.2, 0.25) is 0 Å². The molecular weight excluding hydrogens is 230 g/mol. The molecule has 0 aliphatic heterocycles. The maximum absolute atomic E-state index is 10.6. The number of non-ortho nitro benzene ring substituents is 1. The highest BCUT2D eigenvalue weighted by molar-refractivity contribution is 5.68. The number of benzene rings is 1. The summed E-state index contributed by atoms with van der Waals surface area (Å²) < 4.78 is 9.97. The molecule has 1 aromatic carbocycles. The molecule has 0 aliphatic carbocycles. The van der Waals surface area contributed by atoms with Crippen LogP contribution in [0, 0.1) is 10.1 Å². The molecular formula is C10H11NO6. The van der Waals surface area contributed by atoms with E-state index in [1.54, 1.807) is 6.92 Å². The highest BCUT2D eigenvalue weighted by Crippen LogP contribution is 2.27. The molecule has 1 N–H and O–H groups in total. The van der Waals surface area contributed by atoms with E-state index in [0.717, 1.165) is 6.07 Å². The summed E-state index contributed by atoms with van der Waals surface area (Å²) in [5, 5.41) is 19.1. The average Bonchev–Trinajstić information content (AvgIpc) is 2.26. The first-order chi connectivity index (χ1) is 8.02. The average molecular weight is 241 g/mol. The fourth-order valence-electron chi connectivity index (χ4n) is 1.14. The Morgan fingerprint density at radius 1 is 1.35 bits per heavy atom. The molecule has 0 saturated carbocycles. The molecule has 0 atom stereocenters. The van der Waals surface area contributed by atoms with Crippen molar-refractivity contribution in [2.75, 3.05) is 13.2 Å². The molecule has 0 amide bonds. The minimum absolute atomic E-state index is 0.0880. The third-order valence-electron chi connectivity index (χ3n) is 1.75. The minimum Gasteiger partial charge on any atom is -0.493 e. The van der Waals surface area contributed by atoms with Crippen molar-refractivity contribution in [3.8, 4) is 11.5 Å². The van der Waals surface area contributed by atoms with Gasteiger partial charge in [-0.3, -0.25) is 10.1 Å². The molecule has 92 valence electrons.